The third-order valence-electron chi connectivity index (χ3n) is 5.26. The molecule has 0 aliphatic carbocycles. The smallest absolute Gasteiger partial charge is 0.118 e. The maximum atomic E-state index is 6.10. The molecular weight excluding hydrogens is 302 g/mol. The van der Waals surface area contributed by atoms with Crippen molar-refractivity contribution in [3.8, 4) is 5.75 Å². The Morgan fingerprint density at radius 2 is 2.21 bits per heavy atom. The zero-order valence-electron chi connectivity index (χ0n) is 14.7. The van der Waals surface area contributed by atoms with Gasteiger partial charge in [-0.15, -0.1) is 6.58 Å². The lowest BCUT2D eigenvalue weighted by Crippen LogP contribution is -2.56. The standard InChI is InChI=1S/C20H29NO3/c1-3-12-23-16-20-10-4-13-24-19(20)9-11-21(15-20)14-17-5-7-18(22-2)8-6-17/h3,5-8,19H,1,4,9-16H2,2H3/t19-,20+/m0/s1. The molecule has 132 valence electrons. The van der Waals surface area contributed by atoms with E-state index in [4.69, 9.17) is 14.2 Å². The van der Waals surface area contributed by atoms with E-state index in [0.717, 1.165) is 51.4 Å². The normalized spacial score (nSPS) is 27.5. The predicted molar refractivity (Wildman–Crippen MR) is 95.3 cm³/mol. The lowest BCUT2D eigenvalue weighted by atomic mass is 9.73. The second-order valence-electron chi connectivity index (χ2n) is 6.98. The first-order valence-electron chi connectivity index (χ1n) is 8.91. The number of rotatable bonds is 7. The zero-order chi connectivity index (χ0) is 16.8. The van der Waals surface area contributed by atoms with E-state index in [1.165, 1.54) is 12.0 Å². The van der Waals surface area contributed by atoms with E-state index in [1.807, 2.05) is 18.2 Å². The van der Waals surface area contributed by atoms with Crippen LogP contribution in [0.3, 0.4) is 0 Å². The maximum Gasteiger partial charge on any atom is 0.118 e. The molecule has 1 aromatic rings. The Balaban J connectivity index is 1.65. The Morgan fingerprint density at radius 3 is 2.96 bits per heavy atom. The predicted octanol–water partition coefficient (Wildman–Crippen LogP) is 3.27. The van der Waals surface area contributed by atoms with Crippen LogP contribution < -0.4 is 4.74 Å². The summed E-state index contributed by atoms with van der Waals surface area (Å²) in [6.07, 6.45) is 5.57. The quantitative estimate of drug-likeness (QED) is 0.567. The molecule has 0 unspecified atom stereocenters. The third kappa shape index (κ3) is 4.00. The highest BCUT2D eigenvalue weighted by molar-refractivity contribution is 5.27. The Kier molecular flexibility index (Phi) is 5.93. The van der Waals surface area contributed by atoms with Gasteiger partial charge < -0.3 is 14.2 Å². The van der Waals surface area contributed by atoms with Crippen LogP contribution in [0.1, 0.15) is 24.8 Å². The SMILES string of the molecule is C=CCOC[C@]12CCCO[C@H]1CCN(Cc1ccc(OC)cc1)C2. The molecule has 4 heteroatoms. The molecule has 0 saturated carbocycles. The van der Waals surface area contributed by atoms with Gasteiger partial charge in [0.15, 0.2) is 0 Å². The lowest BCUT2D eigenvalue weighted by Gasteiger charge is -2.50. The molecule has 0 aromatic heterocycles. The molecule has 2 aliphatic heterocycles. The van der Waals surface area contributed by atoms with Crippen LogP contribution in [0.5, 0.6) is 5.75 Å². The van der Waals surface area contributed by atoms with Crippen LogP contribution in [0.15, 0.2) is 36.9 Å². The molecule has 2 atom stereocenters. The molecule has 0 radical (unpaired) electrons. The van der Waals surface area contributed by atoms with Crippen LogP contribution in [-0.4, -0.2) is 51.0 Å². The number of ether oxygens (including phenoxy) is 3. The van der Waals surface area contributed by atoms with E-state index in [2.05, 4.69) is 23.6 Å². The molecule has 2 fully saturated rings. The summed E-state index contributed by atoms with van der Waals surface area (Å²) in [5.41, 5.74) is 1.46. The van der Waals surface area contributed by atoms with Crippen LogP contribution >= 0.6 is 0 Å². The van der Waals surface area contributed by atoms with E-state index in [9.17, 15) is 0 Å². The minimum Gasteiger partial charge on any atom is -0.497 e. The molecule has 2 heterocycles. The average molecular weight is 331 g/mol. The summed E-state index contributed by atoms with van der Waals surface area (Å²) in [6, 6.07) is 8.38. The first-order valence-corrected chi connectivity index (χ1v) is 8.91. The third-order valence-corrected chi connectivity index (χ3v) is 5.26. The van der Waals surface area contributed by atoms with Gasteiger partial charge in [-0.25, -0.2) is 0 Å². The molecule has 0 spiro atoms. The molecule has 0 amide bonds. The first-order chi connectivity index (χ1) is 11.8. The van der Waals surface area contributed by atoms with E-state index >= 15 is 0 Å². The Hall–Kier alpha value is -1.36. The monoisotopic (exact) mass is 331 g/mol. The molecule has 3 rings (SSSR count). The van der Waals surface area contributed by atoms with Gasteiger partial charge >= 0.3 is 0 Å². The van der Waals surface area contributed by atoms with E-state index in [1.54, 1.807) is 7.11 Å². The van der Waals surface area contributed by atoms with Gasteiger partial charge in [-0.3, -0.25) is 4.90 Å². The van der Waals surface area contributed by atoms with Crippen LogP contribution in [0.25, 0.3) is 0 Å². The molecule has 0 bridgehead atoms. The van der Waals surface area contributed by atoms with Crippen molar-refractivity contribution < 1.29 is 14.2 Å². The van der Waals surface area contributed by atoms with Crippen molar-refractivity contribution in [3.05, 3.63) is 42.5 Å². The molecular formula is C20H29NO3. The van der Waals surface area contributed by atoms with Crippen molar-refractivity contribution in [1.82, 2.24) is 4.90 Å². The maximum absolute atomic E-state index is 6.10. The van der Waals surface area contributed by atoms with Crippen molar-refractivity contribution in [3.63, 3.8) is 0 Å². The van der Waals surface area contributed by atoms with Crippen molar-refractivity contribution in [2.24, 2.45) is 5.41 Å². The van der Waals surface area contributed by atoms with Gasteiger partial charge in [0.1, 0.15) is 5.75 Å². The first kappa shape index (κ1) is 17.5. The van der Waals surface area contributed by atoms with Crippen LogP contribution in [0, 0.1) is 5.41 Å². The summed E-state index contributed by atoms with van der Waals surface area (Å²) in [4.78, 5) is 2.55. The number of benzene rings is 1. The summed E-state index contributed by atoms with van der Waals surface area (Å²) in [5.74, 6) is 0.910. The number of hydrogen-bond acceptors (Lipinski definition) is 4. The fraction of sp³-hybridized carbons (Fsp3) is 0.600. The Bertz CT molecular complexity index is 530. The minimum atomic E-state index is 0.131. The van der Waals surface area contributed by atoms with Gasteiger partial charge in [-0.2, -0.15) is 0 Å². The average Bonchev–Trinajstić information content (AvgIpc) is 2.62. The van der Waals surface area contributed by atoms with E-state index in [-0.39, 0.29) is 5.41 Å². The molecule has 1 aromatic carbocycles. The molecule has 2 aliphatic rings. The molecule has 4 nitrogen and oxygen atoms in total. The number of nitrogens with zero attached hydrogens (tertiary/aromatic N) is 1. The highest BCUT2D eigenvalue weighted by Gasteiger charge is 2.46. The number of fused-ring (bicyclic) bond motifs is 1. The van der Waals surface area contributed by atoms with Crippen LogP contribution in [0.4, 0.5) is 0 Å². The second kappa shape index (κ2) is 8.15. The van der Waals surface area contributed by atoms with Crippen molar-refractivity contribution in [2.75, 3.05) is 40.0 Å². The van der Waals surface area contributed by atoms with Crippen LogP contribution in [-0.2, 0) is 16.0 Å². The second-order valence-corrected chi connectivity index (χ2v) is 6.98. The summed E-state index contributed by atoms with van der Waals surface area (Å²) < 4.78 is 17.2. The number of piperidine rings is 1. The van der Waals surface area contributed by atoms with Gasteiger partial charge in [0, 0.05) is 31.7 Å². The van der Waals surface area contributed by atoms with Gasteiger partial charge in [0.2, 0.25) is 0 Å². The highest BCUT2D eigenvalue weighted by atomic mass is 16.5. The number of hydrogen-bond donors (Lipinski definition) is 0. The van der Waals surface area contributed by atoms with E-state index in [0.29, 0.717) is 12.7 Å². The summed E-state index contributed by atoms with van der Waals surface area (Å²) >= 11 is 0. The van der Waals surface area contributed by atoms with Crippen LogP contribution in [0.2, 0.25) is 0 Å². The summed E-state index contributed by atoms with van der Waals surface area (Å²) in [6.45, 7) is 9.13. The lowest BCUT2D eigenvalue weighted by molar-refractivity contribution is -0.152. The molecule has 24 heavy (non-hydrogen) atoms. The fourth-order valence-corrected chi connectivity index (χ4v) is 4.06. The summed E-state index contributed by atoms with van der Waals surface area (Å²) in [7, 11) is 1.70. The topological polar surface area (TPSA) is 30.9 Å². The molecule has 0 N–H and O–H groups in total. The van der Waals surface area contributed by atoms with Crippen molar-refractivity contribution in [2.45, 2.75) is 31.9 Å². The number of likely N-dealkylation sites (tertiary alicyclic amines) is 1. The zero-order valence-corrected chi connectivity index (χ0v) is 14.7. The Morgan fingerprint density at radius 1 is 1.38 bits per heavy atom. The van der Waals surface area contributed by atoms with Gasteiger partial charge in [0.25, 0.3) is 0 Å². The fourth-order valence-electron chi connectivity index (χ4n) is 4.06. The van der Waals surface area contributed by atoms with Gasteiger partial charge in [0.05, 0.1) is 26.4 Å². The van der Waals surface area contributed by atoms with Gasteiger partial charge in [-0.05, 0) is 37.0 Å². The van der Waals surface area contributed by atoms with Gasteiger partial charge in [-0.1, -0.05) is 18.2 Å². The number of methoxy groups -OCH3 is 1. The Labute approximate surface area is 145 Å². The van der Waals surface area contributed by atoms with Crippen molar-refractivity contribution in [1.29, 1.82) is 0 Å². The van der Waals surface area contributed by atoms with Crippen molar-refractivity contribution >= 4 is 0 Å². The minimum absolute atomic E-state index is 0.131. The highest BCUT2D eigenvalue weighted by Crippen LogP contribution is 2.40. The largest absolute Gasteiger partial charge is 0.497 e. The molecule has 2 saturated heterocycles. The van der Waals surface area contributed by atoms with E-state index < -0.39 is 0 Å². The summed E-state index contributed by atoms with van der Waals surface area (Å²) in [5, 5.41) is 0.